The molecule has 1 saturated heterocycles. The SMILES string of the molecule is O=S(=O)(c1ccc(OC(F)(F)F)cc1)N1CC(Oc2nccs2)C1. The Morgan fingerprint density at radius 2 is 1.88 bits per heavy atom. The molecule has 6 nitrogen and oxygen atoms in total. The van der Waals surface area contributed by atoms with Gasteiger partial charge in [0.25, 0.3) is 5.19 Å². The van der Waals surface area contributed by atoms with E-state index in [4.69, 9.17) is 4.74 Å². The Balaban J connectivity index is 1.62. The number of nitrogens with zero attached hydrogens (tertiary/aromatic N) is 2. The highest BCUT2D eigenvalue weighted by Crippen LogP contribution is 2.28. The number of sulfonamides is 1. The fourth-order valence-electron chi connectivity index (χ4n) is 2.05. The van der Waals surface area contributed by atoms with E-state index in [-0.39, 0.29) is 24.1 Å². The Kier molecular flexibility index (Phi) is 4.40. The molecule has 1 aliphatic heterocycles. The van der Waals surface area contributed by atoms with E-state index in [0.29, 0.717) is 5.19 Å². The van der Waals surface area contributed by atoms with Gasteiger partial charge in [0.15, 0.2) is 0 Å². The van der Waals surface area contributed by atoms with Gasteiger partial charge >= 0.3 is 6.36 Å². The second-order valence-corrected chi connectivity index (χ2v) is 7.67. The van der Waals surface area contributed by atoms with Gasteiger partial charge in [-0.2, -0.15) is 4.31 Å². The largest absolute Gasteiger partial charge is 0.573 e. The smallest absolute Gasteiger partial charge is 0.464 e. The summed E-state index contributed by atoms with van der Waals surface area (Å²) < 4.78 is 71.4. The molecule has 11 heteroatoms. The van der Waals surface area contributed by atoms with E-state index in [0.717, 1.165) is 24.3 Å². The van der Waals surface area contributed by atoms with Crippen LogP contribution >= 0.6 is 11.3 Å². The van der Waals surface area contributed by atoms with E-state index in [2.05, 4.69) is 9.72 Å². The van der Waals surface area contributed by atoms with E-state index in [9.17, 15) is 21.6 Å². The zero-order chi connectivity index (χ0) is 17.4. The minimum atomic E-state index is -4.82. The molecule has 1 fully saturated rings. The van der Waals surface area contributed by atoms with Crippen LogP contribution in [-0.2, 0) is 10.0 Å². The van der Waals surface area contributed by atoms with Crippen LogP contribution < -0.4 is 9.47 Å². The number of alkyl halides is 3. The van der Waals surface area contributed by atoms with Crippen molar-refractivity contribution in [1.29, 1.82) is 0 Å². The lowest BCUT2D eigenvalue weighted by molar-refractivity contribution is -0.274. The summed E-state index contributed by atoms with van der Waals surface area (Å²) in [4.78, 5) is 3.84. The first-order valence-electron chi connectivity index (χ1n) is 6.66. The Labute approximate surface area is 139 Å². The third kappa shape index (κ3) is 3.79. The van der Waals surface area contributed by atoms with Crippen LogP contribution in [0.25, 0.3) is 0 Å². The molecule has 0 unspecified atom stereocenters. The van der Waals surface area contributed by atoms with Crippen molar-refractivity contribution in [2.75, 3.05) is 13.1 Å². The van der Waals surface area contributed by atoms with Crippen molar-refractivity contribution in [3.8, 4) is 10.9 Å². The van der Waals surface area contributed by atoms with Crippen molar-refractivity contribution >= 4 is 21.4 Å². The molecule has 0 radical (unpaired) electrons. The summed E-state index contributed by atoms with van der Waals surface area (Å²) in [6.45, 7) is 0.311. The predicted octanol–water partition coefficient (Wildman–Crippen LogP) is 2.49. The Morgan fingerprint density at radius 1 is 1.21 bits per heavy atom. The van der Waals surface area contributed by atoms with Crippen molar-refractivity contribution < 1.29 is 31.1 Å². The zero-order valence-electron chi connectivity index (χ0n) is 11.9. The van der Waals surface area contributed by atoms with Crippen LogP contribution in [0, 0.1) is 0 Å². The lowest BCUT2D eigenvalue weighted by atomic mass is 10.2. The van der Waals surface area contributed by atoms with Gasteiger partial charge in [-0.05, 0) is 24.3 Å². The van der Waals surface area contributed by atoms with Crippen LogP contribution in [0.15, 0.2) is 40.7 Å². The molecule has 2 aromatic rings. The average Bonchev–Trinajstić information content (AvgIpc) is 2.94. The van der Waals surface area contributed by atoms with Crippen LogP contribution in [-0.4, -0.2) is 43.3 Å². The third-order valence-corrected chi connectivity index (χ3v) is 5.69. The molecule has 0 atom stereocenters. The van der Waals surface area contributed by atoms with Crippen molar-refractivity contribution in [1.82, 2.24) is 9.29 Å². The molecule has 0 N–H and O–H groups in total. The molecule has 0 aliphatic carbocycles. The summed E-state index contributed by atoms with van der Waals surface area (Å²) in [7, 11) is -3.78. The van der Waals surface area contributed by atoms with E-state index < -0.39 is 22.1 Å². The van der Waals surface area contributed by atoms with Gasteiger partial charge < -0.3 is 9.47 Å². The van der Waals surface area contributed by atoms with Gasteiger partial charge in [0.05, 0.1) is 18.0 Å². The number of halogens is 3. The van der Waals surface area contributed by atoms with Gasteiger partial charge in [0, 0.05) is 11.6 Å². The lowest BCUT2D eigenvalue weighted by Gasteiger charge is -2.37. The minimum absolute atomic E-state index is 0.107. The molecule has 1 aromatic heterocycles. The first-order valence-corrected chi connectivity index (χ1v) is 8.98. The number of thiazole rings is 1. The van der Waals surface area contributed by atoms with E-state index in [1.54, 1.807) is 11.6 Å². The Bertz CT molecular complexity index is 786. The van der Waals surface area contributed by atoms with E-state index >= 15 is 0 Å². The van der Waals surface area contributed by atoms with Crippen LogP contribution in [0.2, 0.25) is 0 Å². The molecule has 24 heavy (non-hydrogen) atoms. The number of hydrogen-bond donors (Lipinski definition) is 0. The van der Waals surface area contributed by atoms with Gasteiger partial charge in [-0.3, -0.25) is 0 Å². The predicted molar refractivity (Wildman–Crippen MR) is 78.4 cm³/mol. The Morgan fingerprint density at radius 3 is 2.42 bits per heavy atom. The number of hydrogen-bond acceptors (Lipinski definition) is 6. The van der Waals surface area contributed by atoms with Gasteiger partial charge in [-0.15, -0.1) is 13.2 Å². The van der Waals surface area contributed by atoms with Gasteiger partial charge in [-0.25, -0.2) is 13.4 Å². The van der Waals surface area contributed by atoms with Gasteiger partial charge in [0.1, 0.15) is 11.9 Å². The normalized spacial score (nSPS) is 16.6. The summed E-state index contributed by atoms with van der Waals surface area (Å²) in [5.74, 6) is -0.477. The van der Waals surface area contributed by atoms with E-state index in [1.165, 1.54) is 15.6 Å². The summed E-state index contributed by atoms with van der Waals surface area (Å²) in [5, 5.41) is 2.21. The second-order valence-electron chi connectivity index (χ2n) is 4.88. The maximum absolute atomic E-state index is 12.4. The zero-order valence-corrected chi connectivity index (χ0v) is 13.6. The van der Waals surface area contributed by atoms with Crippen LogP contribution in [0.1, 0.15) is 0 Å². The second kappa shape index (κ2) is 6.22. The highest BCUT2D eigenvalue weighted by atomic mass is 32.2. The average molecular weight is 380 g/mol. The van der Waals surface area contributed by atoms with Crippen LogP contribution in [0.3, 0.4) is 0 Å². The Hall–Kier alpha value is -1.85. The molecule has 0 bridgehead atoms. The summed E-state index contributed by atoms with van der Waals surface area (Å²) in [6.07, 6.45) is -3.53. The van der Waals surface area contributed by atoms with Crippen molar-refractivity contribution in [3.05, 3.63) is 35.8 Å². The molecule has 0 saturated carbocycles. The highest BCUT2D eigenvalue weighted by Gasteiger charge is 2.38. The van der Waals surface area contributed by atoms with Gasteiger partial charge in [-0.1, -0.05) is 11.3 Å². The molecule has 0 spiro atoms. The fraction of sp³-hybridized carbons (Fsp3) is 0.308. The summed E-state index contributed by atoms with van der Waals surface area (Å²) in [6, 6.07) is 4.07. The maximum atomic E-state index is 12.4. The number of aromatic nitrogens is 1. The van der Waals surface area contributed by atoms with Crippen molar-refractivity contribution in [2.45, 2.75) is 17.4 Å². The van der Waals surface area contributed by atoms with E-state index in [1.807, 2.05) is 0 Å². The number of ether oxygens (including phenoxy) is 2. The maximum Gasteiger partial charge on any atom is 0.573 e. The third-order valence-electron chi connectivity index (χ3n) is 3.19. The van der Waals surface area contributed by atoms with Crippen molar-refractivity contribution in [3.63, 3.8) is 0 Å². The van der Waals surface area contributed by atoms with Crippen LogP contribution in [0.5, 0.6) is 10.9 Å². The molecule has 1 aromatic carbocycles. The molecular formula is C13H11F3N2O4S2. The van der Waals surface area contributed by atoms with Crippen LogP contribution in [0.4, 0.5) is 13.2 Å². The fourth-order valence-corrected chi connectivity index (χ4v) is 4.10. The monoisotopic (exact) mass is 380 g/mol. The first-order chi connectivity index (χ1) is 11.2. The minimum Gasteiger partial charge on any atom is -0.464 e. The molecule has 3 rings (SSSR count). The topological polar surface area (TPSA) is 68.7 Å². The molecule has 2 heterocycles. The quantitative estimate of drug-likeness (QED) is 0.797. The molecule has 0 amide bonds. The number of benzene rings is 1. The first kappa shape index (κ1) is 17.0. The molecule has 130 valence electrons. The molecular weight excluding hydrogens is 369 g/mol. The van der Waals surface area contributed by atoms with Crippen molar-refractivity contribution in [2.24, 2.45) is 0 Å². The number of rotatable bonds is 5. The molecule has 1 aliphatic rings. The lowest BCUT2D eigenvalue weighted by Crippen LogP contribution is -2.55. The summed E-state index contributed by atoms with van der Waals surface area (Å²) >= 11 is 1.30. The summed E-state index contributed by atoms with van der Waals surface area (Å²) in [5.41, 5.74) is 0. The standard InChI is InChI=1S/C13H11F3N2O4S2/c14-13(15,16)22-9-1-3-11(4-2-9)24(19,20)18-7-10(8-18)21-12-17-5-6-23-12/h1-6,10H,7-8H2. The highest BCUT2D eigenvalue weighted by molar-refractivity contribution is 7.89. The van der Waals surface area contributed by atoms with Gasteiger partial charge in [0.2, 0.25) is 10.0 Å².